The molecule has 0 saturated carbocycles. The summed E-state index contributed by atoms with van der Waals surface area (Å²) in [7, 11) is 0. The second kappa shape index (κ2) is 5.93. The van der Waals surface area contributed by atoms with Gasteiger partial charge in [-0.25, -0.2) is 9.97 Å². The van der Waals surface area contributed by atoms with Gasteiger partial charge in [-0.3, -0.25) is 0 Å². The Balaban J connectivity index is 2.25. The summed E-state index contributed by atoms with van der Waals surface area (Å²) in [4.78, 5) is 8.89. The van der Waals surface area contributed by atoms with Gasteiger partial charge in [0.1, 0.15) is 11.0 Å². The first-order valence-electron chi connectivity index (χ1n) is 6.17. The Bertz CT molecular complexity index is 550. The van der Waals surface area contributed by atoms with Crippen LogP contribution in [0.15, 0.2) is 36.4 Å². The van der Waals surface area contributed by atoms with E-state index in [1.54, 1.807) is 0 Å². The van der Waals surface area contributed by atoms with Gasteiger partial charge in [0, 0.05) is 16.4 Å². The molecule has 0 saturated heterocycles. The summed E-state index contributed by atoms with van der Waals surface area (Å²) < 4.78 is 0.193. The third kappa shape index (κ3) is 4.51. The largest absolute Gasteiger partial charge is 0.232 e. The molecule has 0 aliphatic heterocycles. The van der Waals surface area contributed by atoms with Crippen LogP contribution in [0, 0.1) is 0 Å². The van der Waals surface area contributed by atoms with Crippen LogP contribution in [0.1, 0.15) is 26.6 Å². The van der Waals surface area contributed by atoms with Gasteiger partial charge in [0.05, 0.1) is 11.4 Å². The molecule has 0 aliphatic rings. The predicted octanol–water partition coefficient (Wildman–Crippen LogP) is 4.83. The monoisotopic (exact) mass is 292 g/mol. The zero-order valence-electron chi connectivity index (χ0n) is 11.4. The van der Waals surface area contributed by atoms with Gasteiger partial charge in [-0.15, -0.1) is 11.8 Å². The number of rotatable bonds is 3. The van der Waals surface area contributed by atoms with E-state index in [0.717, 1.165) is 22.8 Å². The van der Waals surface area contributed by atoms with E-state index < -0.39 is 0 Å². The lowest BCUT2D eigenvalue weighted by molar-refractivity contribution is 0.800. The van der Waals surface area contributed by atoms with E-state index in [9.17, 15) is 0 Å². The molecule has 4 heteroatoms. The average Bonchev–Trinajstić information content (AvgIpc) is 2.36. The van der Waals surface area contributed by atoms with Crippen molar-refractivity contribution in [3.8, 4) is 11.3 Å². The predicted molar refractivity (Wildman–Crippen MR) is 83.5 cm³/mol. The smallest absolute Gasteiger partial charge is 0.140 e. The molecule has 2 aromatic rings. The minimum absolute atomic E-state index is 0.193. The highest BCUT2D eigenvalue weighted by molar-refractivity contribution is 7.99. The van der Waals surface area contributed by atoms with Gasteiger partial charge in [-0.1, -0.05) is 62.7 Å². The summed E-state index contributed by atoms with van der Waals surface area (Å²) in [6.07, 6.45) is 0. The zero-order chi connectivity index (χ0) is 13.9. The molecule has 0 radical (unpaired) electrons. The maximum absolute atomic E-state index is 6.09. The summed E-state index contributed by atoms with van der Waals surface area (Å²) in [6, 6.07) is 11.8. The number of halogens is 1. The number of benzene rings is 1. The molecule has 1 aromatic carbocycles. The first-order chi connectivity index (χ1) is 8.94. The van der Waals surface area contributed by atoms with Crippen LogP contribution in [0.25, 0.3) is 11.3 Å². The van der Waals surface area contributed by atoms with Crippen LogP contribution < -0.4 is 0 Å². The van der Waals surface area contributed by atoms with E-state index >= 15 is 0 Å². The third-order valence-corrected chi connectivity index (χ3v) is 3.91. The van der Waals surface area contributed by atoms with E-state index in [1.165, 1.54) is 0 Å². The maximum atomic E-state index is 6.09. The first kappa shape index (κ1) is 14.4. The molecular formula is C15H17ClN2S. The van der Waals surface area contributed by atoms with Crippen LogP contribution in [-0.4, -0.2) is 14.7 Å². The Labute approximate surface area is 123 Å². The molecule has 1 aromatic heterocycles. The zero-order valence-corrected chi connectivity index (χ0v) is 12.9. The van der Waals surface area contributed by atoms with Gasteiger partial charge < -0.3 is 0 Å². The Morgan fingerprint density at radius 2 is 1.79 bits per heavy atom. The van der Waals surface area contributed by atoms with Crippen molar-refractivity contribution in [2.75, 3.05) is 0 Å². The van der Waals surface area contributed by atoms with E-state index in [0.29, 0.717) is 5.15 Å². The molecule has 2 nitrogen and oxygen atoms in total. The fourth-order valence-corrected chi connectivity index (χ4v) is 2.46. The summed E-state index contributed by atoms with van der Waals surface area (Å²) in [5, 5.41) is 0.498. The number of hydrogen-bond acceptors (Lipinski definition) is 3. The molecule has 0 amide bonds. The van der Waals surface area contributed by atoms with Crippen molar-refractivity contribution >= 4 is 23.4 Å². The standard InChI is InChI=1S/C15H17ClN2S/c1-15(2,3)19-10-14-17-12(9-13(16)18-14)11-7-5-4-6-8-11/h4-9H,10H2,1-3H3. The molecule has 0 atom stereocenters. The molecule has 19 heavy (non-hydrogen) atoms. The fourth-order valence-electron chi connectivity index (χ4n) is 1.57. The SMILES string of the molecule is CC(C)(C)SCc1nc(Cl)cc(-c2ccccc2)n1. The Kier molecular flexibility index (Phi) is 4.48. The lowest BCUT2D eigenvalue weighted by Crippen LogP contribution is -2.08. The van der Waals surface area contributed by atoms with Crippen molar-refractivity contribution in [2.45, 2.75) is 31.3 Å². The van der Waals surface area contributed by atoms with E-state index in [-0.39, 0.29) is 4.75 Å². The van der Waals surface area contributed by atoms with Gasteiger partial charge >= 0.3 is 0 Å². The molecule has 0 N–H and O–H groups in total. The van der Waals surface area contributed by atoms with E-state index in [4.69, 9.17) is 11.6 Å². The van der Waals surface area contributed by atoms with Crippen LogP contribution in [0.4, 0.5) is 0 Å². The molecular weight excluding hydrogens is 276 g/mol. The highest BCUT2D eigenvalue weighted by Crippen LogP contribution is 2.27. The lowest BCUT2D eigenvalue weighted by atomic mass is 10.1. The maximum Gasteiger partial charge on any atom is 0.140 e. The van der Waals surface area contributed by atoms with Crippen LogP contribution >= 0.6 is 23.4 Å². The van der Waals surface area contributed by atoms with Gasteiger partial charge in [-0.2, -0.15) is 0 Å². The summed E-state index contributed by atoms with van der Waals surface area (Å²) in [6.45, 7) is 6.54. The third-order valence-electron chi connectivity index (χ3n) is 2.45. The molecule has 0 unspecified atom stereocenters. The van der Waals surface area contributed by atoms with Crippen molar-refractivity contribution < 1.29 is 0 Å². The van der Waals surface area contributed by atoms with Gasteiger partial charge in [0.25, 0.3) is 0 Å². The van der Waals surface area contributed by atoms with Gasteiger partial charge in [-0.05, 0) is 0 Å². The van der Waals surface area contributed by atoms with Crippen LogP contribution in [0.3, 0.4) is 0 Å². The van der Waals surface area contributed by atoms with Crippen LogP contribution in [0.2, 0.25) is 5.15 Å². The summed E-state index contributed by atoms with van der Waals surface area (Å²) in [5.74, 6) is 1.55. The fraction of sp³-hybridized carbons (Fsp3) is 0.333. The first-order valence-corrected chi connectivity index (χ1v) is 7.53. The van der Waals surface area contributed by atoms with Crippen molar-refractivity contribution in [1.29, 1.82) is 0 Å². The lowest BCUT2D eigenvalue weighted by Gasteiger charge is -2.17. The molecule has 2 rings (SSSR count). The molecule has 0 spiro atoms. The molecule has 0 aliphatic carbocycles. The number of aromatic nitrogens is 2. The van der Waals surface area contributed by atoms with Crippen molar-refractivity contribution in [3.63, 3.8) is 0 Å². The number of hydrogen-bond donors (Lipinski definition) is 0. The molecule has 0 bridgehead atoms. The van der Waals surface area contributed by atoms with Crippen molar-refractivity contribution in [2.24, 2.45) is 0 Å². The average molecular weight is 293 g/mol. The molecule has 100 valence electrons. The van der Waals surface area contributed by atoms with Gasteiger partial charge in [0.15, 0.2) is 0 Å². The second-order valence-electron chi connectivity index (χ2n) is 5.26. The number of nitrogens with zero attached hydrogens (tertiary/aromatic N) is 2. The Morgan fingerprint density at radius 1 is 1.11 bits per heavy atom. The highest BCUT2D eigenvalue weighted by Gasteiger charge is 2.13. The minimum atomic E-state index is 0.193. The molecule has 1 heterocycles. The normalized spacial score (nSPS) is 11.6. The van der Waals surface area contributed by atoms with Crippen LogP contribution in [-0.2, 0) is 5.75 Å². The Hall–Kier alpha value is -1.06. The van der Waals surface area contributed by atoms with E-state index in [1.807, 2.05) is 48.2 Å². The van der Waals surface area contributed by atoms with Crippen molar-refractivity contribution in [3.05, 3.63) is 47.4 Å². The minimum Gasteiger partial charge on any atom is -0.232 e. The topological polar surface area (TPSA) is 25.8 Å². The quantitative estimate of drug-likeness (QED) is 0.758. The summed E-state index contributed by atoms with van der Waals surface area (Å²) >= 11 is 7.91. The summed E-state index contributed by atoms with van der Waals surface area (Å²) in [5.41, 5.74) is 1.94. The second-order valence-corrected chi connectivity index (χ2v) is 7.45. The molecule has 0 fully saturated rings. The van der Waals surface area contributed by atoms with Gasteiger partial charge in [0.2, 0.25) is 0 Å². The van der Waals surface area contributed by atoms with Crippen molar-refractivity contribution in [1.82, 2.24) is 9.97 Å². The van der Waals surface area contributed by atoms with Crippen LogP contribution in [0.5, 0.6) is 0 Å². The van der Waals surface area contributed by atoms with E-state index in [2.05, 4.69) is 30.7 Å². The Morgan fingerprint density at radius 3 is 2.42 bits per heavy atom. The highest BCUT2D eigenvalue weighted by atomic mass is 35.5. The number of thioether (sulfide) groups is 1.